The summed E-state index contributed by atoms with van der Waals surface area (Å²) in [5.74, 6) is -0.413. The van der Waals surface area contributed by atoms with Crippen molar-refractivity contribution >= 4 is 23.2 Å². The summed E-state index contributed by atoms with van der Waals surface area (Å²) >= 11 is 0. The molecule has 0 atom stereocenters. The van der Waals surface area contributed by atoms with Crippen LogP contribution in [0.1, 0.15) is 20.7 Å². The van der Waals surface area contributed by atoms with Gasteiger partial charge in [-0.05, 0) is 18.2 Å². The number of carbonyl (C=O) groups excluding carboxylic acids is 2. The molecule has 15 heavy (non-hydrogen) atoms. The van der Waals surface area contributed by atoms with Crippen molar-refractivity contribution < 1.29 is 14.3 Å². The van der Waals surface area contributed by atoms with Crippen LogP contribution < -0.4 is 0 Å². The third-order valence-electron chi connectivity index (χ3n) is 2.25. The van der Waals surface area contributed by atoms with E-state index in [-0.39, 0.29) is 0 Å². The van der Waals surface area contributed by atoms with Gasteiger partial charge in [0.05, 0.1) is 12.7 Å². The lowest BCUT2D eigenvalue weighted by Crippen LogP contribution is -1.99. The standard InChI is InChI=1S/C11H9NO3/c1-15-11(14)9-5-12-10-3-2-7(6-13)4-8(9)10/h2-6,12H,1H3. The van der Waals surface area contributed by atoms with Crippen LogP contribution in [-0.4, -0.2) is 24.3 Å². The Morgan fingerprint density at radius 3 is 2.93 bits per heavy atom. The summed E-state index contributed by atoms with van der Waals surface area (Å²) < 4.78 is 4.63. The molecule has 4 nitrogen and oxygen atoms in total. The zero-order chi connectivity index (χ0) is 10.8. The largest absolute Gasteiger partial charge is 0.465 e. The minimum absolute atomic E-state index is 0.413. The minimum atomic E-state index is -0.413. The van der Waals surface area contributed by atoms with Gasteiger partial charge in [0.25, 0.3) is 0 Å². The summed E-state index contributed by atoms with van der Waals surface area (Å²) in [6, 6.07) is 5.10. The molecule has 0 saturated carbocycles. The molecule has 1 N–H and O–H groups in total. The van der Waals surface area contributed by atoms with Crippen molar-refractivity contribution in [1.82, 2.24) is 4.98 Å². The van der Waals surface area contributed by atoms with Crippen LogP contribution in [0, 0.1) is 0 Å². The number of esters is 1. The van der Waals surface area contributed by atoms with Crippen molar-refractivity contribution in [2.45, 2.75) is 0 Å². The molecule has 0 aliphatic carbocycles. The maximum atomic E-state index is 11.4. The molecule has 1 aromatic heterocycles. The highest BCUT2D eigenvalue weighted by molar-refractivity contribution is 6.05. The van der Waals surface area contributed by atoms with Gasteiger partial charge in [-0.25, -0.2) is 4.79 Å². The molecule has 0 amide bonds. The molecule has 0 aliphatic rings. The molecule has 0 aliphatic heterocycles. The first kappa shape index (κ1) is 9.45. The highest BCUT2D eigenvalue weighted by Gasteiger charge is 2.12. The van der Waals surface area contributed by atoms with E-state index >= 15 is 0 Å². The number of ether oxygens (including phenoxy) is 1. The highest BCUT2D eigenvalue weighted by Crippen LogP contribution is 2.19. The van der Waals surface area contributed by atoms with Crippen LogP contribution in [0.5, 0.6) is 0 Å². The topological polar surface area (TPSA) is 59.2 Å². The van der Waals surface area contributed by atoms with Crippen LogP contribution in [0.2, 0.25) is 0 Å². The first-order valence-corrected chi connectivity index (χ1v) is 4.41. The number of aldehydes is 1. The van der Waals surface area contributed by atoms with Crippen molar-refractivity contribution in [2.75, 3.05) is 7.11 Å². The quantitative estimate of drug-likeness (QED) is 0.597. The van der Waals surface area contributed by atoms with Gasteiger partial charge in [-0.3, -0.25) is 4.79 Å². The maximum absolute atomic E-state index is 11.4. The fourth-order valence-electron chi connectivity index (χ4n) is 1.49. The van der Waals surface area contributed by atoms with E-state index in [0.29, 0.717) is 16.5 Å². The Kier molecular flexibility index (Phi) is 2.25. The third-order valence-corrected chi connectivity index (χ3v) is 2.25. The zero-order valence-electron chi connectivity index (χ0n) is 8.11. The number of benzene rings is 1. The van der Waals surface area contributed by atoms with Crippen molar-refractivity contribution in [2.24, 2.45) is 0 Å². The van der Waals surface area contributed by atoms with E-state index in [0.717, 1.165) is 11.8 Å². The molecule has 1 aromatic carbocycles. The van der Waals surface area contributed by atoms with E-state index in [1.807, 2.05) is 0 Å². The van der Waals surface area contributed by atoms with Crippen molar-refractivity contribution in [3.63, 3.8) is 0 Å². The number of aromatic nitrogens is 1. The Morgan fingerprint density at radius 1 is 1.47 bits per heavy atom. The van der Waals surface area contributed by atoms with Crippen LogP contribution in [-0.2, 0) is 4.74 Å². The van der Waals surface area contributed by atoms with Gasteiger partial charge < -0.3 is 9.72 Å². The average Bonchev–Trinajstić information content (AvgIpc) is 2.70. The average molecular weight is 203 g/mol. The van der Waals surface area contributed by atoms with Crippen LogP contribution >= 0.6 is 0 Å². The normalized spacial score (nSPS) is 10.2. The Hall–Kier alpha value is -2.10. The zero-order valence-corrected chi connectivity index (χ0v) is 8.11. The summed E-state index contributed by atoms with van der Waals surface area (Å²) in [5.41, 5.74) is 1.78. The van der Waals surface area contributed by atoms with Gasteiger partial charge >= 0.3 is 5.97 Å². The number of fused-ring (bicyclic) bond motifs is 1. The first-order valence-electron chi connectivity index (χ1n) is 4.41. The molecule has 0 saturated heterocycles. The molecule has 0 spiro atoms. The predicted molar refractivity (Wildman–Crippen MR) is 55.0 cm³/mol. The monoisotopic (exact) mass is 203 g/mol. The van der Waals surface area contributed by atoms with E-state index in [1.54, 1.807) is 24.4 Å². The summed E-state index contributed by atoms with van der Waals surface area (Å²) in [6.07, 6.45) is 2.32. The molecule has 1 heterocycles. The molecule has 0 fully saturated rings. The minimum Gasteiger partial charge on any atom is -0.465 e. The van der Waals surface area contributed by atoms with Crippen LogP contribution in [0.15, 0.2) is 24.4 Å². The van der Waals surface area contributed by atoms with Gasteiger partial charge in [-0.15, -0.1) is 0 Å². The lowest BCUT2D eigenvalue weighted by Gasteiger charge is -1.97. The molecular formula is C11H9NO3. The summed E-state index contributed by atoms with van der Waals surface area (Å²) in [7, 11) is 1.32. The number of carbonyl (C=O) groups is 2. The molecule has 0 unspecified atom stereocenters. The SMILES string of the molecule is COC(=O)c1c[nH]c2ccc(C=O)cc12. The summed E-state index contributed by atoms with van der Waals surface area (Å²) in [4.78, 5) is 24.9. The van der Waals surface area contributed by atoms with Gasteiger partial charge in [0.15, 0.2) is 0 Å². The number of hydrogen-bond donors (Lipinski definition) is 1. The number of hydrogen-bond acceptors (Lipinski definition) is 3. The fourth-order valence-corrected chi connectivity index (χ4v) is 1.49. The Balaban J connectivity index is 2.66. The van der Waals surface area contributed by atoms with Crippen LogP contribution in [0.4, 0.5) is 0 Å². The van der Waals surface area contributed by atoms with Gasteiger partial charge in [0, 0.05) is 22.7 Å². The second-order valence-electron chi connectivity index (χ2n) is 3.12. The molecule has 4 heteroatoms. The summed E-state index contributed by atoms with van der Waals surface area (Å²) in [6.45, 7) is 0. The van der Waals surface area contributed by atoms with E-state index in [1.165, 1.54) is 7.11 Å². The number of rotatable bonds is 2. The number of aromatic amines is 1. The second kappa shape index (κ2) is 3.57. The van der Waals surface area contributed by atoms with E-state index < -0.39 is 5.97 Å². The maximum Gasteiger partial charge on any atom is 0.340 e. The summed E-state index contributed by atoms with van der Waals surface area (Å²) in [5, 5.41) is 0.700. The number of methoxy groups -OCH3 is 1. The van der Waals surface area contributed by atoms with Gasteiger partial charge in [0.1, 0.15) is 6.29 Å². The molecule has 76 valence electrons. The van der Waals surface area contributed by atoms with Gasteiger partial charge in [-0.2, -0.15) is 0 Å². The number of H-pyrrole nitrogens is 1. The Labute approximate surface area is 85.9 Å². The lowest BCUT2D eigenvalue weighted by molar-refractivity contribution is 0.0603. The molecular weight excluding hydrogens is 194 g/mol. The van der Waals surface area contributed by atoms with E-state index in [2.05, 4.69) is 9.72 Å². The van der Waals surface area contributed by atoms with Gasteiger partial charge in [-0.1, -0.05) is 0 Å². The molecule has 0 radical (unpaired) electrons. The van der Waals surface area contributed by atoms with Crippen molar-refractivity contribution in [3.05, 3.63) is 35.5 Å². The first-order chi connectivity index (χ1) is 7.26. The fraction of sp³-hybridized carbons (Fsp3) is 0.0909. The van der Waals surface area contributed by atoms with Crippen LogP contribution in [0.25, 0.3) is 10.9 Å². The lowest BCUT2D eigenvalue weighted by atomic mass is 10.1. The number of nitrogens with one attached hydrogen (secondary N) is 1. The van der Waals surface area contributed by atoms with Gasteiger partial charge in [0.2, 0.25) is 0 Å². The van der Waals surface area contributed by atoms with Crippen molar-refractivity contribution in [3.8, 4) is 0 Å². The molecule has 0 bridgehead atoms. The van der Waals surface area contributed by atoms with E-state index in [9.17, 15) is 9.59 Å². The molecule has 2 rings (SSSR count). The van der Waals surface area contributed by atoms with Crippen LogP contribution in [0.3, 0.4) is 0 Å². The van der Waals surface area contributed by atoms with Crippen molar-refractivity contribution in [1.29, 1.82) is 0 Å². The Bertz CT molecular complexity index is 528. The third kappa shape index (κ3) is 1.50. The molecule has 2 aromatic rings. The Morgan fingerprint density at radius 2 is 2.27 bits per heavy atom. The predicted octanol–water partition coefficient (Wildman–Crippen LogP) is 1.77. The highest BCUT2D eigenvalue weighted by atomic mass is 16.5. The second-order valence-corrected chi connectivity index (χ2v) is 3.12. The smallest absolute Gasteiger partial charge is 0.340 e. The van der Waals surface area contributed by atoms with E-state index in [4.69, 9.17) is 0 Å².